The van der Waals surface area contributed by atoms with Crippen LogP contribution >= 0.6 is 0 Å². The molecule has 1 aliphatic rings. The molecule has 0 aliphatic carbocycles. The molecule has 0 unspecified atom stereocenters. The van der Waals surface area contributed by atoms with Gasteiger partial charge in [0.25, 0.3) is 0 Å². The molecule has 4 rings (SSSR count). The van der Waals surface area contributed by atoms with Crippen LogP contribution in [0.1, 0.15) is 18.2 Å². The summed E-state index contributed by atoms with van der Waals surface area (Å²) in [5, 5.41) is 4.03. The number of pyridine rings is 1. The van der Waals surface area contributed by atoms with Crippen molar-refractivity contribution < 1.29 is 18.8 Å². The highest BCUT2D eigenvalue weighted by molar-refractivity contribution is 5.97. The normalized spacial score (nSPS) is 16.6. The van der Waals surface area contributed by atoms with Crippen LogP contribution in [0.15, 0.2) is 47.2 Å². The van der Waals surface area contributed by atoms with Crippen LogP contribution in [0.3, 0.4) is 0 Å². The lowest BCUT2D eigenvalue weighted by molar-refractivity contribution is -0.117. The number of carbonyl (C=O) groups excluding carboxylic acids is 1. The molecule has 0 radical (unpaired) electrons. The van der Waals surface area contributed by atoms with Gasteiger partial charge < -0.3 is 18.9 Å². The minimum absolute atomic E-state index is 0.0212. The third-order valence-corrected chi connectivity index (χ3v) is 4.53. The van der Waals surface area contributed by atoms with Crippen LogP contribution < -0.4 is 14.4 Å². The Kier molecular flexibility index (Phi) is 4.45. The molecule has 1 atom stereocenters. The summed E-state index contributed by atoms with van der Waals surface area (Å²) < 4.78 is 16.1. The summed E-state index contributed by atoms with van der Waals surface area (Å²) in [6, 6.07) is 8.98. The lowest BCUT2D eigenvalue weighted by Crippen LogP contribution is -2.24. The monoisotopic (exact) mass is 366 g/mol. The average molecular weight is 366 g/mol. The van der Waals surface area contributed by atoms with E-state index in [4.69, 9.17) is 14.0 Å². The van der Waals surface area contributed by atoms with Crippen LogP contribution in [-0.2, 0) is 4.79 Å². The lowest BCUT2D eigenvalue weighted by Gasteiger charge is -2.19. The molecule has 3 heterocycles. The van der Waals surface area contributed by atoms with E-state index in [9.17, 15) is 4.79 Å². The maximum absolute atomic E-state index is 12.6. The van der Waals surface area contributed by atoms with E-state index >= 15 is 0 Å². The fraction of sp³-hybridized carbons (Fsp3) is 0.263. The molecule has 8 heteroatoms. The van der Waals surface area contributed by atoms with E-state index in [1.807, 2.05) is 18.2 Å². The van der Waals surface area contributed by atoms with Gasteiger partial charge in [-0.2, -0.15) is 4.98 Å². The molecule has 3 aromatic rings. The highest BCUT2D eigenvalue weighted by atomic mass is 16.5. The number of hydrogen-bond donors (Lipinski definition) is 0. The molecule has 1 aromatic carbocycles. The molecule has 138 valence electrons. The van der Waals surface area contributed by atoms with Gasteiger partial charge in [-0.3, -0.25) is 9.78 Å². The predicted octanol–water partition coefficient (Wildman–Crippen LogP) is 2.67. The molecule has 0 saturated carbocycles. The zero-order valence-corrected chi connectivity index (χ0v) is 15.0. The summed E-state index contributed by atoms with van der Waals surface area (Å²) >= 11 is 0. The number of benzene rings is 1. The molecule has 2 aromatic heterocycles. The summed E-state index contributed by atoms with van der Waals surface area (Å²) in [5.41, 5.74) is 1.51. The second-order valence-electron chi connectivity index (χ2n) is 6.14. The Hall–Kier alpha value is -3.42. The standard InChI is InChI=1S/C19H18N4O4/c1-25-14-3-4-15(16(10-14)26-2)23-11-13(9-17(23)24)19-21-18(22-27-19)12-5-7-20-8-6-12/h3-8,10,13H,9,11H2,1-2H3/t13-/m1/s1. The van der Waals surface area contributed by atoms with E-state index in [0.29, 0.717) is 41.9 Å². The Labute approximate surface area is 155 Å². The SMILES string of the molecule is COc1ccc(N2C[C@H](c3nc(-c4ccncc4)no3)CC2=O)c(OC)c1. The van der Waals surface area contributed by atoms with Crippen molar-refractivity contribution in [2.45, 2.75) is 12.3 Å². The van der Waals surface area contributed by atoms with Gasteiger partial charge in [0, 0.05) is 37.0 Å². The van der Waals surface area contributed by atoms with Crippen molar-refractivity contribution in [1.29, 1.82) is 0 Å². The number of carbonyl (C=O) groups is 1. The van der Waals surface area contributed by atoms with Crippen LogP contribution in [0, 0.1) is 0 Å². The number of rotatable bonds is 5. The van der Waals surface area contributed by atoms with Crippen LogP contribution in [0.5, 0.6) is 11.5 Å². The van der Waals surface area contributed by atoms with E-state index in [1.54, 1.807) is 43.6 Å². The van der Waals surface area contributed by atoms with Gasteiger partial charge in [0.05, 0.1) is 25.8 Å². The smallest absolute Gasteiger partial charge is 0.232 e. The predicted molar refractivity (Wildman–Crippen MR) is 96.8 cm³/mol. The highest BCUT2D eigenvalue weighted by Crippen LogP contribution is 2.38. The van der Waals surface area contributed by atoms with Crippen LogP contribution in [0.4, 0.5) is 5.69 Å². The van der Waals surface area contributed by atoms with Crippen molar-refractivity contribution in [3.63, 3.8) is 0 Å². The van der Waals surface area contributed by atoms with Crippen LogP contribution in [0.2, 0.25) is 0 Å². The lowest BCUT2D eigenvalue weighted by atomic mass is 10.1. The van der Waals surface area contributed by atoms with Gasteiger partial charge in [-0.1, -0.05) is 5.16 Å². The Bertz CT molecular complexity index is 957. The van der Waals surface area contributed by atoms with Gasteiger partial charge in [0.15, 0.2) is 0 Å². The molecule has 1 fully saturated rings. The van der Waals surface area contributed by atoms with E-state index < -0.39 is 0 Å². The Morgan fingerprint density at radius 2 is 1.96 bits per heavy atom. The van der Waals surface area contributed by atoms with Crippen molar-refractivity contribution in [3.8, 4) is 22.9 Å². The number of nitrogens with zero attached hydrogens (tertiary/aromatic N) is 4. The maximum Gasteiger partial charge on any atom is 0.232 e. The molecule has 0 N–H and O–H groups in total. The van der Waals surface area contributed by atoms with Crippen molar-refractivity contribution in [1.82, 2.24) is 15.1 Å². The van der Waals surface area contributed by atoms with Gasteiger partial charge in [-0.25, -0.2) is 0 Å². The molecule has 1 amide bonds. The largest absolute Gasteiger partial charge is 0.497 e. The van der Waals surface area contributed by atoms with E-state index in [2.05, 4.69) is 15.1 Å². The summed E-state index contributed by atoms with van der Waals surface area (Å²) in [7, 11) is 3.15. The average Bonchev–Trinajstić information content (AvgIpc) is 3.35. The van der Waals surface area contributed by atoms with Crippen molar-refractivity contribution in [2.24, 2.45) is 0 Å². The third-order valence-electron chi connectivity index (χ3n) is 4.53. The molecule has 1 saturated heterocycles. The zero-order valence-electron chi connectivity index (χ0n) is 15.0. The van der Waals surface area contributed by atoms with E-state index in [1.165, 1.54) is 0 Å². The number of anilines is 1. The highest BCUT2D eigenvalue weighted by Gasteiger charge is 2.36. The first kappa shape index (κ1) is 17.0. The van der Waals surface area contributed by atoms with Crippen LogP contribution in [-0.4, -0.2) is 41.8 Å². The van der Waals surface area contributed by atoms with Gasteiger partial charge in [-0.15, -0.1) is 0 Å². The first-order valence-corrected chi connectivity index (χ1v) is 8.46. The van der Waals surface area contributed by atoms with Crippen molar-refractivity contribution in [3.05, 3.63) is 48.6 Å². The van der Waals surface area contributed by atoms with Gasteiger partial charge in [0.2, 0.25) is 17.6 Å². The number of ether oxygens (including phenoxy) is 2. The minimum atomic E-state index is -0.174. The minimum Gasteiger partial charge on any atom is -0.497 e. The molecule has 0 spiro atoms. The molecular weight excluding hydrogens is 348 g/mol. The summed E-state index contributed by atoms with van der Waals surface area (Å²) in [6.45, 7) is 0.444. The van der Waals surface area contributed by atoms with E-state index in [0.717, 1.165) is 5.56 Å². The Balaban J connectivity index is 1.57. The third kappa shape index (κ3) is 3.21. The number of hydrogen-bond acceptors (Lipinski definition) is 7. The van der Waals surface area contributed by atoms with E-state index in [-0.39, 0.29) is 11.8 Å². The summed E-state index contributed by atoms with van der Waals surface area (Å²) in [5.74, 6) is 1.98. The molecule has 0 bridgehead atoms. The fourth-order valence-electron chi connectivity index (χ4n) is 3.13. The number of amides is 1. The van der Waals surface area contributed by atoms with Crippen molar-refractivity contribution in [2.75, 3.05) is 25.7 Å². The van der Waals surface area contributed by atoms with Gasteiger partial charge >= 0.3 is 0 Å². The second-order valence-corrected chi connectivity index (χ2v) is 6.14. The van der Waals surface area contributed by atoms with Gasteiger partial charge in [-0.05, 0) is 24.3 Å². The quantitative estimate of drug-likeness (QED) is 0.685. The summed E-state index contributed by atoms with van der Waals surface area (Å²) in [4.78, 5) is 22.7. The molecule has 8 nitrogen and oxygen atoms in total. The first-order chi connectivity index (χ1) is 13.2. The van der Waals surface area contributed by atoms with Crippen LogP contribution in [0.25, 0.3) is 11.4 Å². The van der Waals surface area contributed by atoms with Gasteiger partial charge in [0.1, 0.15) is 11.5 Å². The maximum atomic E-state index is 12.6. The number of aromatic nitrogens is 3. The molecule has 1 aliphatic heterocycles. The molecular formula is C19H18N4O4. The zero-order chi connectivity index (χ0) is 18.8. The fourth-order valence-corrected chi connectivity index (χ4v) is 3.13. The molecule has 27 heavy (non-hydrogen) atoms. The number of methoxy groups -OCH3 is 2. The Morgan fingerprint density at radius 3 is 2.70 bits per heavy atom. The topological polar surface area (TPSA) is 90.6 Å². The first-order valence-electron chi connectivity index (χ1n) is 8.46. The second kappa shape index (κ2) is 7.06. The van der Waals surface area contributed by atoms with Crippen molar-refractivity contribution >= 4 is 11.6 Å². The summed E-state index contributed by atoms with van der Waals surface area (Å²) in [6.07, 6.45) is 3.64. The Morgan fingerprint density at radius 1 is 1.15 bits per heavy atom.